The molecule has 0 aliphatic carbocycles. The Kier molecular flexibility index (Phi) is 8.37. The number of hydrogen-bond acceptors (Lipinski definition) is 3. The number of aliphatic carboxylic acids is 1. The summed E-state index contributed by atoms with van der Waals surface area (Å²) < 4.78 is 0. The van der Waals surface area contributed by atoms with Crippen LogP contribution in [0.15, 0.2) is 0 Å². The van der Waals surface area contributed by atoms with Crippen LogP contribution in [0.4, 0.5) is 0 Å². The molecular formula is C13H26N2O3. The summed E-state index contributed by atoms with van der Waals surface area (Å²) in [7, 11) is 0. The molecule has 0 saturated heterocycles. The van der Waals surface area contributed by atoms with E-state index in [1.54, 1.807) is 4.90 Å². The molecule has 0 spiro atoms. The third kappa shape index (κ3) is 8.06. The zero-order valence-electron chi connectivity index (χ0n) is 11.9. The van der Waals surface area contributed by atoms with E-state index in [9.17, 15) is 9.59 Å². The highest BCUT2D eigenvalue weighted by molar-refractivity contribution is 5.79. The summed E-state index contributed by atoms with van der Waals surface area (Å²) in [6.45, 7) is 8.83. The Labute approximate surface area is 110 Å². The quantitative estimate of drug-likeness (QED) is 0.654. The van der Waals surface area contributed by atoms with Gasteiger partial charge in [0.25, 0.3) is 0 Å². The highest BCUT2D eigenvalue weighted by atomic mass is 16.4. The highest BCUT2D eigenvalue weighted by Gasteiger charge is 2.18. The minimum Gasteiger partial charge on any atom is -0.480 e. The second kappa shape index (κ2) is 8.91. The molecule has 2 N–H and O–H groups in total. The molecule has 0 aliphatic rings. The molecule has 5 nitrogen and oxygen atoms in total. The van der Waals surface area contributed by atoms with Crippen LogP contribution >= 0.6 is 0 Å². The molecule has 0 rings (SSSR count). The van der Waals surface area contributed by atoms with Gasteiger partial charge in [0.2, 0.25) is 5.91 Å². The third-order valence-corrected chi connectivity index (χ3v) is 2.94. The Morgan fingerprint density at radius 2 is 1.83 bits per heavy atom. The average Bonchev–Trinajstić information content (AvgIpc) is 2.25. The summed E-state index contributed by atoms with van der Waals surface area (Å²) in [6, 6.07) is 0.0944. The van der Waals surface area contributed by atoms with Gasteiger partial charge in [-0.15, -0.1) is 0 Å². The zero-order valence-corrected chi connectivity index (χ0v) is 11.9. The normalized spacial score (nSPS) is 12.8. The zero-order chi connectivity index (χ0) is 14.1. The Bertz CT molecular complexity index is 267. The molecule has 5 heteroatoms. The number of carbonyl (C=O) groups is 2. The molecule has 0 aromatic heterocycles. The molecule has 18 heavy (non-hydrogen) atoms. The van der Waals surface area contributed by atoms with E-state index in [-0.39, 0.29) is 25.0 Å². The standard InChI is InChI=1S/C13H26N2O3/c1-5-11(4)15(9-13(17)18)8-12(16)14-7-6-10(2)3/h10-11H,5-9H2,1-4H3,(H,14,16)(H,17,18). The Hall–Kier alpha value is -1.10. The molecule has 1 unspecified atom stereocenters. The number of rotatable bonds is 9. The van der Waals surface area contributed by atoms with Crippen molar-refractivity contribution in [3.05, 3.63) is 0 Å². The number of amides is 1. The number of carboxylic acids is 1. The van der Waals surface area contributed by atoms with Gasteiger partial charge in [-0.25, -0.2) is 0 Å². The van der Waals surface area contributed by atoms with Crippen molar-refractivity contribution in [2.24, 2.45) is 5.92 Å². The average molecular weight is 258 g/mol. The minimum atomic E-state index is -0.898. The Balaban J connectivity index is 4.14. The molecule has 0 bridgehead atoms. The van der Waals surface area contributed by atoms with Crippen LogP contribution < -0.4 is 5.32 Å². The van der Waals surface area contributed by atoms with Gasteiger partial charge in [-0.2, -0.15) is 0 Å². The number of carboxylic acid groups (broad SMARTS) is 1. The van der Waals surface area contributed by atoms with E-state index in [4.69, 9.17) is 5.11 Å². The fourth-order valence-electron chi connectivity index (χ4n) is 1.54. The number of nitrogens with zero attached hydrogens (tertiary/aromatic N) is 1. The lowest BCUT2D eigenvalue weighted by atomic mass is 10.1. The Morgan fingerprint density at radius 3 is 2.28 bits per heavy atom. The van der Waals surface area contributed by atoms with Crippen LogP contribution in [-0.2, 0) is 9.59 Å². The third-order valence-electron chi connectivity index (χ3n) is 2.94. The van der Waals surface area contributed by atoms with Crippen molar-refractivity contribution in [1.82, 2.24) is 10.2 Å². The van der Waals surface area contributed by atoms with Gasteiger partial charge < -0.3 is 10.4 Å². The SMILES string of the molecule is CCC(C)N(CC(=O)O)CC(=O)NCCC(C)C. The summed E-state index contributed by atoms with van der Waals surface area (Å²) in [4.78, 5) is 24.1. The van der Waals surface area contributed by atoms with Crippen molar-refractivity contribution in [2.75, 3.05) is 19.6 Å². The van der Waals surface area contributed by atoms with E-state index in [0.29, 0.717) is 12.5 Å². The van der Waals surface area contributed by atoms with E-state index in [0.717, 1.165) is 12.8 Å². The monoisotopic (exact) mass is 258 g/mol. The minimum absolute atomic E-state index is 0.0907. The van der Waals surface area contributed by atoms with E-state index >= 15 is 0 Å². The van der Waals surface area contributed by atoms with Crippen LogP contribution in [-0.4, -0.2) is 47.6 Å². The van der Waals surface area contributed by atoms with Crippen molar-refractivity contribution in [3.8, 4) is 0 Å². The molecule has 0 heterocycles. The van der Waals surface area contributed by atoms with E-state index in [1.165, 1.54) is 0 Å². The van der Waals surface area contributed by atoms with Crippen molar-refractivity contribution < 1.29 is 14.7 Å². The first-order chi connectivity index (χ1) is 8.36. The summed E-state index contributed by atoms with van der Waals surface area (Å²) in [6.07, 6.45) is 1.76. The smallest absolute Gasteiger partial charge is 0.317 e. The first kappa shape index (κ1) is 16.9. The Morgan fingerprint density at radius 1 is 1.22 bits per heavy atom. The summed E-state index contributed by atoms with van der Waals surface area (Å²) in [5.41, 5.74) is 0. The highest BCUT2D eigenvalue weighted by Crippen LogP contribution is 2.03. The first-order valence-electron chi connectivity index (χ1n) is 6.59. The fourth-order valence-corrected chi connectivity index (χ4v) is 1.54. The van der Waals surface area contributed by atoms with Crippen LogP contribution in [0.1, 0.15) is 40.5 Å². The largest absolute Gasteiger partial charge is 0.480 e. The summed E-state index contributed by atoms with van der Waals surface area (Å²) >= 11 is 0. The number of hydrogen-bond donors (Lipinski definition) is 2. The molecule has 106 valence electrons. The second-order valence-corrected chi connectivity index (χ2v) is 5.09. The molecule has 0 saturated carbocycles. The van der Waals surface area contributed by atoms with Crippen LogP contribution in [0.3, 0.4) is 0 Å². The maximum Gasteiger partial charge on any atom is 0.317 e. The van der Waals surface area contributed by atoms with Gasteiger partial charge in [0.15, 0.2) is 0 Å². The van der Waals surface area contributed by atoms with Gasteiger partial charge in [-0.1, -0.05) is 20.8 Å². The summed E-state index contributed by atoms with van der Waals surface area (Å²) in [5.74, 6) is -0.447. The van der Waals surface area contributed by atoms with Crippen molar-refractivity contribution in [3.63, 3.8) is 0 Å². The second-order valence-electron chi connectivity index (χ2n) is 5.09. The molecule has 1 atom stereocenters. The van der Waals surface area contributed by atoms with Crippen LogP contribution in [0.2, 0.25) is 0 Å². The molecule has 0 radical (unpaired) electrons. The van der Waals surface area contributed by atoms with Crippen molar-refractivity contribution in [2.45, 2.75) is 46.6 Å². The number of carbonyl (C=O) groups excluding carboxylic acids is 1. The number of nitrogens with one attached hydrogen (secondary N) is 1. The molecule has 0 aliphatic heterocycles. The van der Waals surface area contributed by atoms with E-state index in [2.05, 4.69) is 19.2 Å². The predicted molar refractivity (Wildman–Crippen MR) is 71.4 cm³/mol. The van der Waals surface area contributed by atoms with E-state index < -0.39 is 5.97 Å². The first-order valence-corrected chi connectivity index (χ1v) is 6.59. The molecular weight excluding hydrogens is 232 g/mol. The molecule has 0 fully saturated rings. The fraction of sp³-hybridized carbons (Fsp3) is 0.846. The van der Waals surface area contributed by atoms with Crippen LogP contribution in [0.25, 0.3) is 0 Å². The molecule has 1 amide bonds. The maximum absolute atomic E-state index is 11.7. The molecule has 0 aromatic rings. The van der Waals surface area contributed by atoms with E-state index in [1.807, 2.05) is 13.8 Å². The lowest BCUT2D eigenvalue weighted by Gasteiger charge is -2.25. The predicted octanol–water partition coefficient (Wildman–Crippen LogP) is 1.33. The lowest BCUT2D eigenvalue weighted by Crippen LogP contribution is -2.44. The summed E-state index contributed by atoms with van der Waals surface area (Å²) in [5, 5.41) is 11.6. The van der Waals surface area contributed by atoms with Crippen molar-refractivity contribution in [1.29, 1.82) is 0 Å². The lowest BCUT2D eigenvalue weighted by molar-refractivity contribution is -0.139. The van der Waals surface area contributed by atoms with Crippen molar-refractivity contribution >= 4 is 11.9 Å². The molecule has 0 aromatic carbocycles. The topological polar surface area (TPSA) is 69.6 Å². The van der Waals surface area contributed by atoms with Gasteiger partial charge in [-0.05, 0) is 25.7 Å². The van der Waals surface area contributed by atoms with Gasteiger partial charge in [-0.3, -0.25) is 14.5 Å². The van der Waals surface area contributed by atoms with Crippen LogP contribution in [0.5, 0.6) is 0 Å². The van der Waals surface area contributed by atoms with Crippen LogP contribution in [0, 0.1) is 5.92 Å². The van der Waals surface area contributed by atoms with Gasteiger partial charge >= 0.3 is 5.97 Å². The maximum atomic E-state index is 11.7. The van der Waals surface area contributed by atoms with Gasteiger partial charge in [0, 0.05) is 12.6 Å². The van der Waals surface area contributed by atoms with Gasteiger partial charge in [0.1, 0.15) is 0 Å². The van der Waals surface area contributed by atoms with Gasteiger partial charge in [0.05, 0.1) is 13.1 Å².